The number of thiophene rings is 1. The Bertz CT molecular complexity index is 1140. The highest BCUT2D eigenvalue weighted by molar-refractivity contribution is 7.21. The Morgan fingerprint density at radius 1 is 1.00 bits per heavy atom. The summed E-state index contributed by atoms with van der Waals surface area (Å²) in [5.74, 6) is -0.186. The van der Waals surface area contributed by atoms with E-state index in [1.807, 2.05) is 47.1 Å². The monoisotopic (exact) mass is 437 g/mol. The van der Waals surface area contributed by atoms with E-state index >= 15 is 0 Å². The van der Waals surface area contributed by atoms with Crippen LogP contribution in [0.2, 0.25) is 0 Å². The van der Waals surface area contributed by atoms with Crippen LogP contribution in [-0.4, -0.2) is 59.9 Å². The fraction of sp³-hybridized carbons (Fsp3) is 0.333. The summed E-state index contributed by atoms with van der Waals surface area (Å²) < 4.78 is 14.3. The highest BCUT2D eigenvalue weighted by atomic mass is 32.1. The minimum absolute atomic E-state index is 0.0180. The Kier molecular flexibility index (Phi) is 5.24. The van der Waals surface area contributed by atoms with Gasteiger partial charge in [-0.2, -0.15) is 0 Å². The quantitative estimate of drug-likeness (QED) is 0.678. The number of hydrogen-bond donors (Lipinski definition) is 1. The first kappa shape index (κ1) is 20.2. The molecule has 0 spiro atoms. The van der Waals surface area contributed by atoms with Crippen LogP contribution in [0.4, 0.5) is 4.39 Å². The molecule has 0 saturated carbocycles. The number of carbonyl (C=O) groups is 2. The summed E-state index contributed by atoms with van der Waals surface area (Å²) in [7, 11) is 0. The average molecular weight is 438 g/mol. The first-order valence-electron chi connectivity index (χ1n) is 10.6. The normalized spacial score (nSPS) is 19.1. The molecule has 31 heavy (non-hydrogen) atoms. The van der Waals surface area contributed by atoms with E-state index in [0.29, 0.717) is 24.5 Å². The van der Waals surface area contributed by atoms with Crippen molar-refractivity contribution in [1.29, 1.82) is 0 Å². The van der Waals surface area contributed by atoms with Crippen LogP contribution >= 0.6 is 11.3 Å². The summed E-state index contributed by atoms with van der Waals surface area (Å²) >= 11 is 1.36. The Labute approximate surface area is 184 Å². The lowest BCUT2D eigenvalue weighted by atomic mass is 10.1. The van der Waals surface area contributed by atoms with Crippen molar-refractivity contribution in [1.82, 2.24) is 15.1 Å². The van der Waals surface area contributed by atoms with Gasteiger partial charge in [0, 0.05) is 48.5 Å². The van der Waals surface area contributed by atoms with Crippen molar-refractivity contribution in [3.63, 3.8) is 0 Å². The fourth-order valence-corrected chi connectivity index (χ4v) is 5.68. The summed E-state index contributed by atoms with van der Waals surface area (Å²) in [5.41, 5.74) is 1.65. The summed E-state index contributed by atoms with van der Waals surface area (Å²) in [4.78, 5) is 30.0. The van der Waals surface area contributed by atoms with Crippen molar-refractivity contribution in [2.75, 3.05) is 26.2 Å². The zero-order valence-electron chi connectivity index (χ0n) is 17.3. The second kappa shape index (κ2) is 8.05. The molecule has 7 heteroatoms. The van der Waals surface area contributed by atoms with Crippen LogP contribution in [0.1, 0.15) is 32.0 Å². The largest absolute Gasteiger partial charge is 0.337 e. The number of fused-ring (bicyclic) bond motifs is 1. The predicted octanol–water partition coefficient (Wildman–Crippen LogP) is 3.68. The summed E-state index contributed by atoms with van der Waals surface area (Å²) in [6.07, 6.45) is 0.921. The molecular weight excluding hydrogens is 413 g/mol. The van der Waals surface area contributed by atoms with Gasteiger partial charge in [-0.3, -0.25) is 9.59 Å². The second-order valence-corrected chi connectivity index (χ2v) is 9.43. The molecular formula is C24H24FN3O2S. The minimum atomic E-state index is -0.280. The number of likely N-dealkylation sites (tertiary alicyclic amines) is 2. The van der Waals surface area contributed by atoms with Crippen LogP contribution in [0.25, 0.3) is 10.1 Å². The van der Waals surface area contributed by atoms with E-state index in [0.717, 1.165) is 34.2 Å². The fourth-order valence-electron chi connectivity index (χ4n) is 4.47. The standard InChI is InChI=1S/C24H24FN3O2S/c1-15-20-8-7-17(25)11-21(20)31-22(15)24(30)28-13-19(14-28)26-18-9-10-27(12-18)23(29)16-5-3-2-4-6-16/h2-8,11,18-19,26H,9-10,12-14H2,1H3. The maximum Gasteiger partial charge on any atom is 0.264 e. The maximum atomic E-state index is 13.5. The van der Waals surface area contributed by atoms with E-state index < -0.39 is 0 Å². The highest BCUT2D eigenvalue weighted by Crippen LogP contribution is 2.33. The molecule has 5 nitrogen and oxygen atoms in total. The Balaban J connectivity index is 1.15. The molecule has 3 heterocycles. The zero-order valence-corrected chi connectivity index (χ0v) is 18.1. The molecule has 2 saturated heterocycles. The van der Waals surface area contributed by atoms with Crippen LogP contribution in [0.15, 0.2) is 48.5 Å². The van der Waals surface area contributed by atoms with Crippen molar-refractivity contribution in [3.8, 4) is 0 Å². The van der Waals surface area contributed by atoms with Gasteiger partial charge in [-0.05, 0) is 48.6 Å². The summed E-state index contributed by atoms with van der Waals surface area (Å²) in [5, 5.41) is 4.55. The molecule has 160 valence electrons. The topological polar surface area (TPSA) is 52.7 Å². The molecule has 1 atom stereocenters. The van der Waals surface area contributed by atoms with Crippen LogP contribution < -0.4 is 5.32 Å². The van der Waals surface area contributed by atoms with E-state index in [1.165, 1.54) is 23.5 Å². The Morgan fingerprint density at radius 3 is 2.52 bits per heavy atom. The molecule has 2 aliphatic heterocycles. The molecule has 0 radical (unpaired) electrons. The number of hydrogen-bond acceptors (Lipinski definition) is 4. The maximum absolute atomic E-state index is 13.5. The number of aryl methyl sites for hydroxylation is 1. The van der Waals surface area contributed by atoms with Crippen LogP contribution in [0.5, 0.6) is 0 Å². The first-order chi connectivity index (χ1) is 15.0. The van der Waals surface area contributed by atoms with Gasteiger partial charge in [0.05, 0.1) is 4.88 Å². The Hall–Kier alpha value is -2.77. The lowest BCUT2D eigenvalue weighted by Gasteiger charge is -2.41. The molecule has 2 aliphatic rings. The van der Waals surface area contributed by atoms with Gasteiger partial charge in [0.1, 0.15) is 5.82 Å². The van der Waals surface area contributed by atoms with Gasteiger partial charge in [0.25, 0.3) is 11.8 Å². The van der Waals surface area contributed by atoms with E-state index in [4.69, 9.17) is 0 Å². The van der Waals surface area contributed by atoms with Crippen molar-refractivity contribution in [2.45, 2.75) is 25.4 Å². The van der Waals surface area contributed by atoms with Crippen LogP contribution in [0, 0.1) is 12.7 Å². The van der Waals surface area contributed by atoms with Gasteiger partial charge < -0.3 is 15.1 Å². The number of amides is 2. The first-order valence-corrected chi connectivity index (χ1v) is 11.4. The van der Waals surface area contributed by atoms with Gasteiger partial charge in [-0.15, -0.1) is 11.3 Å². The SMILES string of the molecule is Cc1c(C(=O)N2CC(NC3CCN(C(=O)c4ccccc4)C3)C2)sc2cc(F)ccc12. The summed E-state index contributed by atoms with van der Waals surface area (Å²) in [6.45, 7) is 4.68. The molecule has 2 fully saturated rings. The third-order valence-electron chi connectivity index (χ3n) is 6.23. The van der Waals surface area contributed by atoms with Crippen molar-refractivity contribution < 1.29 is 14.0 Å². The van der Waals surface area contributed by atoms with Gasteiger partial charge in [0.15, 0.2) is 0 Å². The molecule has 1 N–H and O–H groups in total. The number of benzene rings is 2. The van der Waals surface area contributed by atoms with E-state index in [2.05, 4.69) is 5.32 Å². The lowest BCUT2D eigenvalue weighted by molar-refractivity contribution is 0.0557. The summed E-state index contributed by atoms with van der Waals surface area (Å²) in [6, 6.07) is 14.5. The third kappa shape index (κ3) is 3.83. The number of rotatable bonds is 4. The van der Waals surface area contributed by atoms with Crippen LogP contribution in [-0.2, 0) is 0 Å². The molecule has 0 bridgehead atoms. The van der Waals surface area contributed by atoms with E-state index in [-0.39, 0.29) is 29.7 Å². The smallest absolute Gasteiger partial charge is 0.264 e. The van der Waals surface area contributed by atoms with Crippen LogP contribution in [0.3, 0.4) is 0 Å². The van der Waals surface area contributed by atoms with Gasteiger partial charge >= 0.3 is 0 Å². The number of halogens is 1. The number of carbonyl (C=O) groups excluding carboxylic acids is 2. The third-order valence-corrected chi connectivity index (χ3v) is 7.47. The molecule has 5 rings (SSSR count). The highest BCUT2D eigenvalue weighted by Gasteiger charge is 2.36. The molecule has 0 aliphatic carbocycles. The zero-order chi connectivity index (χ0) is 21.5. The molecule has 2 amide bonds. The molecule has 3 aromatic rings. The van der Waals surface area contributed by atoms with Crippen molar-refractivity contribution in [2.24, 2.45) is 0 Å². The Morgan fingerprint density at radius 2 is 1.74 bits per heavy atom. The molecule has 1 unspecified atom stereocenters. The minimum Gasteiger partial charge on any atom is -0.337 e. The number of nitrogens with zero attached hydrogens (tertiary/aromatic N) is 2. The van der Waals surface area contributed by atoms with Gasteiger partial charge in [0.2, 0.25) is 0 Å². The second-order valence-electron chi connectivity index (χ2n) is 8.37. The van der Waals surface area contributed by atoms with Crippen molar-refractivity contribution in [3.05, 3.63) is 70.4 Å². The molecule has 2 aromatic carbocycles. The molecule has 1 aromatic heterocycles. The average Bonchev–Trinajstić information content (AvgIpc) is 3.34. The van der Waals surface area contributed by atoms with Gasteiger partial charge in [-0.25, -0.2) is 4.39 Å². The van der Waals surface area contributed by atoms with E-state index in [1.54, 1.807) is 6.07 Å². The van der Waals surface area contributed by atoms with Crippen molar-refractivity contribution >= 4 is 33.2 Å². The predicted molar refractivity (Wildman–Crippen MR) is 120 cm³/mol. The lowest BCUT2D eigenvalue weighted by Crippen LogP contribution is -2.62. The van der Waals surface area contributed by atoms with E-state index in [9.17, 15) is 14.0 Å². The van der Waals surface area contributed by atoms with Gasteiger partial charge in [-0.1, -0.05) is 24.3 Å². The number of nitrogens with one attached hydrogen (secondary N) is 1.